The Morgan fingerprint density at radius 3 is 2.31 bits per heavy atom. The van der Waals surface area contributed by atoms with E-state index in [-0.39, 0.29) is 24.3 Å². The molecule has 172 valence electrons. The van der Waals surface area contributed by atoms with Gasteiger partial charge in [0.15, 0.2) is 6.61 Å². The minimum absolute atomic E-state index is 0.0589. The molecule has 1 heterocycles. The predicted octanol–water partition coefficient (Wildman–Crippen LogP) is 4.08. The molecule has 0 aromatic heterocycles. The number of ether oxygens (including phenoxy) is 1. The van der Waals surface area contributed by atoms with Crippen molar-refractivity contribution in [3.63, 3.8) is 0 Å². The molecule has 2 aromatic rings. The molecule has 6 nitrogen and oxygen atoms in total. The van der Waals surface area contributed by atoms with Crippen LogP contribution in [0.3, 0.4) is 0 Å². The molecule has 1 atom stereocenters. The first-order chi connectivity index (χ1) is 15.4. The maximum Gasteiger partial charge on any atom is 0.258 e. The van der Waals surface area contributed by atoms with Crippen molar-refractivity contribution in [2.24, 2.45) is 11.8 Å². The van der Waals surface area contributed by atoms with Gasteiger partial charge in [-0.05, 0) is 67.6 Å². The van der Waals surface area contributed by atoms with Crippen molar-refractivity contribution in [3.8, 4) is 5.75 Å². The lowest BCUT2D eigenvalue weighted by Crippen LogP contribution is -2.48. The van der Waals surface area contributed by atoms with Crippen LogP contribution in [0.25, 0.3) is 0 Å². The van der Waals surface area contributed by atoms with Gasteiger partial charge in [-0.1, -0.05) is 51.1 Å². The second kappa shape index (κ2) is 11.7. The van der Waals surface area contributed by atoms with Gasteiger partial charge in [-0.25, -0.2) is 0 Å². The Hall–Kier alpha value is -2.86. The van der Waals surface area contributed by atoms with Gasteiger partial charge < -0.3 is 15.4 Å². The highest BCUT2D eigenvalue weighted by Gasteiger charge is 2.24. The van der Waals surface area contributed by atoms with E-state index in [2.05, 4.69) is 34.6 Å². The van der Waals surface area contributed by atoms with Crippen molar-refractivity contribution in [2.45, 2.75) is 46.2 Å². The number of benzene rings is 2. The quantitative estimate of drug-likeness (QED) is 0.620. The van der Waals surface area contributed by atoms with E-state index in [1.165, 1.54) is 18.4 Å². The highest BCUT2D eigenvalue weighted by atomic mass is 16.5. The van der Waals surface area contributed by atoms with E-state index < -0.39 is 6.04 Å². The zero-order valence-electron chi connectivity index (χ0n) is 19.3. The van der Waals surface area contributed by atoms with Gasteiger partial charge in [0.2, 0.25) is 5.91 Å². The molecule has 1 saturated heterocycles. The van der Waals surface area contributed by atoms with Gasteiger partial charge in [-0.15, -0.1) is 0 Å². The van der Waals surface area contributed by atoms with Crippen LogP contribution in [0.4, 0.5) is 5.69 Å². The largest absolute Gasteiger partial charge is 0.484 e. The molecule has 0 bridgehead atoms. The van der Waals surface area contributed by atoms with Gasteiger partial charge in [0, 0.05) is 12.2 Å². The Morgan fingerprint density at radius 2 is 1.69 bits per heavy atom. The topological polar surface area (TPSA) is 70.7 Å². The summed E-state index contributed by atoms with van der Waals surface area (Å²) in [6.07, 6.45) is 2.51. The van der Waals surface area contributed by atoms with Crippen LogP contribution in [0, 0.1) is 11.8 Å². The molecule has 1 fully saturated rings. The minimum atomic E-state index is -0.642. The number of carbonyl (C=O) groups is 2. The number of hydrogen-bond donors (Lipinski definition) is 2. The van der Waals surface area contributed by atoms with Crippen molar-refractivity contribution in [3.05, 3.63) is 60.2 Å². The summed E-state index contributed by atoms with van der Waals surface area (Å²) in [6.45, 7) is 9.22. The lowest BCUT2D eigenvalue weighted by Gasteiger charge is -2.30. The Balaban J connectivity index is 1.49. The van der Waals surface area contributed by atoms with Crippen LogP contribution in [-0.4, -0.2) is 42.5 Å². The lowest BCUT2D eigenvalue weighted by molar-refractivity contribution is -0.128. The van der Waals surface area contributed by atoms with Gasteiger partial charge in [-0.2, -0.15) is 0 Å². The number of anilines is 1. The van der Waals surface area contributed by atoms with E-state index in [0.717, 1.165) is 31.2 Å². The average Bonchev–Trinajstić information content (AvgIpc) is 2.79. The molecule has 2 aromatic carbocycles. The molecule has 1 unspecified atom stereocenters. The van der Waals surface area contributed by atoms with Gasteiger partial charge in [0.25, 0.3) is 5.91 Å². The maximum atomic E-state index is 12.8. The summed E-state index contributed by atoms with van der Waals surface area (Å²) in [4.78, 5) is 27.6. The molecule has 0 spiro atoms. The third kappa shape index (κ3) is 7.38. The number of hydrogen-bond acceptors (Lipinski definition) is 4. The van der Waals surface area contributed by atoms with Gasteiger partial charge in [0.1, 0.15) is 11.8 Å². The predicted molar refractivity (Wildman–Crippen MR) is 127 cm³/mol. The summed E-state index contributed by atoms with van der Waals surface area (Å²) in [7, 11) is 0. The van der Waals surface area contributed by atoms with E-state index in [1.54, 1.807) is 12.1 Å². The number of amides is 2. The molecule has 32 heavy (non-hydrogen) atoms. The molecule has 1 aliphatic heterocycles. The van der Waals surface area contributed by atoms with Crippen LogP contribution in [0.15, 0.2) is 54.6 Å². The first kappa shape index (κ1) is 23.8. The fraction of sp³-hybridized carbons (Fsp3) is 0.462. The van der Waals surface area contributed by atoms with Gasteiger partial charge >= 0.3 is 0 Å². The molecule has 0 saturated carbocycles. The van der Waals surface area contributed by atoms with Crippen molar-refractivity contribution in [1.82, 2.24) is 10.2 Å². The number of para-hydroxylation sites is 1. The molecular weight excluding hydrogens is 402 g/mol. The standard InChI is InChI=1S/C26H35N3O3/c1-19(2)25(28-24(30)18-32-23-7-5-4-6-8-23)26(31)27-22-11-9-21(10-12-22)17-29-15-13-20(3)14-16-29/h4-12,19-20,25H,13-18H2,1-3H3,(H,27,31)(H,28,30). The Bertz CT molecular complexity index is 860. The summed E-state index contributed by atoms with van der Waals surface area (Å²) in [5, 5.41) is 5.72. The van der Waals surface area contributed by atoms with Crippen LogP contribution in [0.2, 0.25) is 0 Å². The highest BCUT2D eigenvalue weighted by molar-refractivity contribution is 5.97. The van der Waals surface area contributed by atoms with E-state index in [0.29, 0.717) is 5.75 Å². The highest BCUT2D eigenvalue weighted by Crippen LogP contribution is 2.19. The van der Waals surface area contributed by atoms with Crippen molar-refractivity contribution in [1.29, 1.82) is 0 Å². The number of rotatable bonds is 9. The molecule has 0 radical (unpaired) electrons. The Kier molecular flexibility index (Phi) is 8.68. The van der Waals surface area contributed by atoms with Crippen LogP contribution < -0.4 is 15.4 Å². The van der Waals surface area contributed by atoms with E-state index in [1.807, 2.05) is 44.2 Å². The van der Waals surface area contributed by atoms with E-state index >= 15 is 0 Å². The third-order valence-electron chi connectivity index (χ3n) is 5.88. The smallest absolute Gasteiger partial charge is 0.258 e. The Labute approximate surface area is 191 Å². The second-order valence-electron chi connectivity index (χ2n) is 9.04. The summed E-state index contributed by atoms with van der Waals surface area (Å²) < 4.78 is 5.48. The first-order valence-electron chi connectivity index (χ1n) is 11.5. The maximum absolute atomic E-state index is 12.8. The zero-order valence-corrected chi connectivity index (χ0v) is 19.3. The number of nitrogens with zero attached hydrogens (tertiary/aromatic N) is 1. The lowest BCUT2D eigenvalue weighted by atomic mass is 9.99. The fourth-order valence-corrected chi connectivity index (χ4v) is 3.81. The van der Waals surface area contributed by atoms with Gasteiger partial charge in [-0.3, -0.25) is 14.5 Å². The minimum Gasteiger partial charge on any atom is -0.484 e. The van der Waals surface area contributed by atoms with E-state index in [4.69, 9.17) is 4.74 Å². The number of carbonyl (C=O) groups excluding carboxylic acids is 2. The number of piperidine rings is 1. The summed E-state index contributed by atoms with van der Waals surface area (Å²) in [6, 6.07) is 16.5. The van der Waals surface area contributed by atoms with Crippen LogP contribution >= 0.6 is 0 Å². The number of nitrogens with one attached hydrogen (secondary N) is 2. The summed E-state index contributed by atoms with van der Waals surface area (Å²) in [5.41, 5.74) is 1.97. The zero-order chi connectivity index (χ0) is 22.9. The summed E-state index contributed by atoms with van der Waals surface area (Å²) >= 11 is 0. The molecular formula is C26H35N3O3. The van der Waals surface area contributed by atoms with Crippen molar-refractivity contribution >= 4 is 17.5 Å². The number of likely N-dealkylation sites (tertiary alicyclic amines) is 1. The van der Waals surface area contributed by atoms with E-state index in [9.17, 15) is 9.59 Å². The van der Waals surface area contributed by atoms with Crippen LogP contribution in [0.1, 0.15) is 39.2 Å². The van der Waals surface area contributed by atoms with Crippen LogP contribution in [-0.2, 0) is 16.1 Å². The molecule has 1 aliphatic rings. The third-order valence-corrected chi connectivity index (χ3v) is 5.88. The molecule has 2 amide bonds. The summed E-state index contributed by atoms with van der Waals surface area (Å²) in [5.74, 6) is 0.826. The molecule has 3 rings (SSSR count). The fourth-order valence-electron chi connectivity index (χ4n) is 3.81. The first-order valence-corrected chi connectivity index (χ1v) is 11.5. The molecule has 0 aliphatic carbocycles. The normalized spacial score (nSPS) is 15.9. The van der Waals surface area contributed by atoms with Crippen LogP contribution in [0.5, 0.6) is 5.75 Å². The second-order valence-corrected chi connectivity index (χ2v) is 9.04. The Morgan fingerprint density at radius 1 is 1.03 bits per heavy atom. The average molecular weight is 438 g/mol. The van der Waals surface area contributed by atoms with Crippen molar-refractivity contribution < 1.29 is 14.3 Å². The molecule has 6 heteroatoms. The monoisotopic (exact) mass is 437 g/mol. The molecule has 2 N–H and O–H groups in total. The van der Waals surface area contributed by atoms with Crippen molar-refractivity contribution in [2.75, 3.05) is 25.0 Å². The SMILES string of the molecule is CC1CCN(Cc2ccc(NC(=O)C(NC(=O)COc3ccccc3)C(C)C)cc2)CC1. The van der Waals surface area contributed by atoms with Gasteiger partial charge in [0.05, 0.1) is 0 Å².